The molecule has 3 heterocycles. The Labute approximate surface area is 206 Å². The number of ether oxygens (including phenoxy) is 2. The third kappa shape index (κ3) is 4.25. The van der Waals surface area contributed by atoms with Gasteiger partial charge in [0.25, 0.3) is 17.4 Å². The normalized spacial score (nSPS) is 22.1. The van der Waals surface area contributed by atoms with E-state index in [1.807, 2.05) is 86.5 Å². The van der Waals surface area contributed by atoms with E-state index in [4.69, 9.17) is 9.47 Å². The van der Waals surface area contributed by atoms with Crippen molar-refractivity contribution in [1.82, 2.24) is 9.13 Å². The van der Waals surface area contributed by atoms with Crippen LogP contribution in [0.1, 0.15) is 32.9 Å². The highest BCUT2D eigenvalue weighted by atomic mass is 16.6. The average Bonchev–Trinajstić information content (AvgIpc) is 3.78. The zero-order valence-electron chi connectivity index (χ0n) is 20.3. The second kappa shape index (κ2) is 8.89. The minimum Gasteiger partial charge on any atom is -0.378 e. The monoisotopic (exact) mass is 490 g/mol. The van der Waals surface area contributed by atoms with Crippen LogP contribution in [0, 0.1) is 0 Å². The van der Waals surface area contributed by atoms with Gasteiger partial charge in [-0.05, 0) is 35.4 Å². The van der Waals surface area contributed by atoms with Crippen LogP contribution in [-0.4, -0.2) is 61.3 Å². The van der Waals surface area contributed by atoms with Gasteiger partial charge in [0.05, 0.1) is 0 Å². The number of rotatable bonds is 6. The maximum Gasteiger partial charge on any atom is 0.344 e. The van der Waals surface area contributed by atoms with Gasteiger partial charge in [-0.1, -0.05) is 24.3 Å². The van der Waals surface area contributed by atoms with E-state index in [2.05, 4.69) is 0 Å². The van der Waals surface area contributed by atoms with E-state index in [9.17, 15) is 19.2 Å². The van der Waals surface area contributed by atoms with Crippen molar-refractivity contribution < 1.29 is 19.1 Å². The van der Waals surface area contributed by atoms with E-state index < -0.39 is 47.5 Å². The highest BCUT2D eigenvalue weighted by Crippen LogP contribution is 2.41. The van der Waals surface area contributed by atoms with Gasteiger partial charge in [-0.2, -0.15) is 4.57 Å². The molecule has 0 radical (unpaired) electrons. The van der Waals surface area contributed by atoms with Crippen LogP contribution in [0.5, 0.6) is 0 Å². The molecule has 2 aliphatic rings. The first-order chi connectivity index (χ1) is 17.2. The van der Waals surface area contributed by atoms with E-state index in [-0.39, 0.29) is 0 Å². The average molecular weight is 491 g/mol. The number of anilines is 2. The summed E-state index contributed by atoms with van der Waals surface area (Å²) >= 11 is 0. The Kier molecular flexibility index (Phi) is 5.85. The van der Waals surface area contributed by atoms with Crippen molar-refractivity contribution in [3.8, 4) is 0 Å². The van der Waals surface area contributed by atoms with E-state index in [0.717, 1.165) is 39.3 Å². The molecule has 36 heavy (non-hydrogen) atoms. The summed E-state index contributed by atoms with van der Waals surface area (Å²) in [6, 6.07) is 16.0. The van der Waals surface area contributed by atoms with Crippen LogP contribution in [0.25, 0.3) is 0 Å². The minimum atomic E-state index is -1.04. The molecule has 2 aliphatic heterocycles. The molecule has 4 atom stereocenters. The molecule has 0 amide bonds. The predicted octanol–water partition coefficient (Wildman–Crippen LogP) is 1.70. The summed E-state index contributed by atoms with van der Waals surface area (Å²) < 4.78 is 12.3. The lowest BCUT2D eigenvalue weighted by atomic mass is 10.1. The summed E-state index contributed by atoms with van der Waals surface area (Å²) in [5.41, 5.74) is 1.68. The Morgan fingerprint density at radius 3 is 1.58 bits per heavy atom. The quantitative estimate of drug-likeness (QED) is 0.481. The first kappa shape index (κ1) is 23.7. The molecule has 5 rings (SSSR count). The topological polar surface area (TPSA) is 110 Å². The SMILES string of the molecule is CN(C)c1ccc(C2OC2C(=O)n2ccc(=O)n(C(=O)C3OC3c3ccc(N(C)C)cc3)c2=O)cc1. The first-order valence-electron chi connectivity index (χ1n) is 11.5. The lowest BCUT2D eigenvalue weighted by molar-refractivity contribution is 0.0838. The van der Waals surface area contributed by atoms with Crippen molar-refractivity contribution in [2.24, 2.45) is 0 Å². The highest BCUT2D eigenvalue weighted by Gasteiger charge is 2.49. The number of hydrogen-bond acceptors (Lipinski definition) is 8. The first-order valence-corrected chi connectivity index (χ1v) is 11.5. The molecule has 1 aromatic heterocycles. The van der Waals surface area contributed by atoms with E-state index in [0.29, 0.717) is 4.57 Å². The third-order valence-corrected chi connectivity index (χ3v) is 6.39. The summed E-state index contributed by atoms with van der Waals surface area (Å²) in [7, 11) is 7.68. The summed E-state index contributed by atoms with van der Waals surface area (Å²) in [6.45, 7) is 0. The number of epoxide rings is 2. The second-order valence-electron chi connectivity index (χ2n) is 9.24. The predicted molar refractivity (Wildman–Crippen MR) is 133 cm³/mol. The molecule has 10 heteroatoms. The van der Waals surface area contributed by atoms with Crippen molar-refractivity contribution in [3.63, 3.8) is 0 Å². The van der Waals surface area contributed by atoms with Gasteiger partial charge >= 0.3 is 5.69 Å². The van der Waals surface area contributed by atoms with Crippen molar-refractivity contribution in [3.05, 3.63) is 92.8 Å². The molecule has 2 saturated heterocycles. The number of aromatic nitrogens is 2. The van der Waals surface area contributed by atoms with E-state index >= 15 is 0 Å². The maximum absolute atomic E-state index is 13.0. The fraction of sp³-hybridized carbons (Fsp3) is 0.308. The van der Waals surface area contributed by atoms with Crippen LogP contribution in [0.15, 0.2) is 70.4 Å². The summed E-state index contributed by atoms with van der Waals surface area (Å²) in [4.78, 5) is 55.4. The Morgan fingerprint density at radius 1 is 0.694 bits per heavy atom. The van der Waals surface area contributed by atoms with E-state index in [1.165, 1.54) is 0 Å². The second-order valence-corrected chi connectivity index (χ2v) is 9.24. The Balaban J connectivity index is 1.33. The standard InChI is InChI=1S/C26H26N4O6/c1-27(2)17-9-5-15(6-10-17)20-22(35-20)24(32)29-14-13-19(31)30(26(29)34)25(33)23-21(36-23)16-7-11-18(12-8-16)28(3)4/h5-14,20-23H,1-4H3. The Hall–Kier alpha value is -4.02. The number of hydrogen-bond donors (Lipinski definition) is 0. The largest absolute Gasteiger partial charge is 0.378 e. The number of carbonyl (C=O) groups is 2. The fourth-order valence-electron chi connectivity index (χ4n) is 4.15. The van der Waals surface area contributed by atoms with Crippen molar-refractivity contribution in [2.75, 3.05) is 38.0 Å². The Morgan fingerprint density at radius 2 is 1.14 bits per heavy atom. The summed E-state index contributed by atoms with van der Waals surface area (Å²) in [5.74, 6) is -1.45. The van der Waals surface area contributed by atoms with Crippen LogP contribution in [0.3, 0.4) is 0 Å². The van der Waals surface area contributed by atoms with Gasteiger partial charge in [0.2, 0.25) is 0 Å². The van der Waals surface area contributed by atoms with Crippen LogP contribution < -0.4 is 21.0 Å². The lowest BCUT2D eigenvalue weighted by Crippen LogP contribution is -2.46. The number of benzene rings is 2. The van der Waals surface area contributed by atoms with Gasteiger partial charge in [-0.15, -0.1) is 0 Å². The van der Waals surface area contributed by atoms with Gasteiger partial charge in [0.15, 0.2) is 12.2 Å². The van der Waals surface area contributed by atoms with Crippen LogP contribution in [-0.2, 0) is 9.47 Å². The fourth-order valence-corrected chi connectivity index (χ4v) is 4.15. The molecule has 2 aromatic carbocycles. The third-order valence-electron chi connectivity index (χ3n) is 6.39. The molecule has 10 nitrogen and oxygen atoms in total. The smallest absolute Gasteiger partial charge is 0.344 e. The number of nitrogens with zero attached hydrogens (tertiary/aromatic N) is 4. The molecule has 0 spiro atoms. The lowest BCUT2D eigenvalue weighted by Gasteiger charge is -2.12. The van der Waals surface area contributed by atoms with Gasteiger partial charge in [0, 0.05) is 51.8 Å². The molecular weight excluding hydrogens is 464 g/mol. The van der Waals surface area contributed by atoms with Crippen molar-refractivity contribution in [1.29, 1.82) is 0 Å². The zero-order valence-corrected chi connectivity index (χ0v) is 20.3. The molecule has 0 saturated carbocycles. The van der Waals surface area contributed by atoms with Gasteiger partial charge < -0.3 is 19.3 Å². The molecule has 4 unspecified atom stereocenters. The maximum atomic E-state index is 13.0. The van der Waals surface area contributed by atoms with Crippen molar-refractivity contribution >= 4 is 23.2 Å². The molecule has 186 valence electrons. The van der Waals surface area contributed by atoms with Gasteiger partial charge in [-0.3, -0.25) is 14.4 Å². The molecule has 0 aliphatic carbocycles. The van der Waals surface area contributed by atoms with Gasteiger partial charge in [-0.25, -0.2) is 9.36 Å². The Bertz CT molecular complexity index is 1440. The zero-order chi connectivity index (χ0) is 25.7. The molecule has 0 N–H and O–H groups in total. The van der Waals surface area contributed by atoms with Crippen LogP contribution in [0.4, 0.5) is 11.4 Å². The summed E-state index contributed by atoms with van der Waals surface area (Å²) in [6.07, 6.45) is -1.85. The molecule has 3 aromatic rings. The number of carbonyl (C=O) groups excluding carboxylic acids is 2. The molecule has 2 fully saturated rings. The summed E-state index contributed by atoms with van der Waals surface area (Å²) in [5, 5.41) is 0. The molecular formula is C26H26N4O6. The van der Waals surface area contributed by atoms with Crippen LogP contribution >= 0.6 is 0 Å². The van der Waals surface area contributed by atoms with E-state index in [1.54, 1.807) is 0 Å². The van der Waals surface area contributed by atoms with Gasteiger partial charge in [0.1, 0.15) is 12.2 Å². The molecule has 0 bridgehead atoms. The highest BCUT2D eigenvalue weighted by molar-refractivity contribution is 5.88. The minimum absolute atomic E-state index is 0.458. The van der Waals surface area contributed by atoms with Crippen LogP contribution in [0.2, 0.25) is 0 Å². The van der Waals surface area contributed by atoms with Crippen molar-refractivity contribution in [2.45, 2.75) is 24.4 Å².